The molecule has 1 aliphatic rings. The molecule has 1 aromatic carbocycles. The van der Waals surface area contributed by atoms with Crippen molar-refractivity contribution in [2.45, 2.75) is 13.0 Å². The normalized spacial score (nSPS) is 17.2. The zero-order valence-corrected chi connectivity index (χ0v) is 10.7. The van der Waals surface area contributed by atoms with Crippen LogP contribution in [0.25, 0.3) is 0 Å². The molecule has 2 rings (SSSR count). The lowest BCUT2D eigenvalue weighted by Crippen LogP contribution is -2.28. The number of hydrogen-bond acceptors (Lipinski definition) is 6. The van der Waals surface area contributed by atoms with Gasteiger partial charge in [0.05, 0.1) is 6.10 Å². The lowest BCUT2D eigenvalue weighted by atomic mass is 9.79. The highest BCUT2D eigenvalue weighted by atomic mass is 16.6. The predicted octanol–water partition coefficient (Wildman–Crippen LogP) is -0.654. The molecule has 102 valence electrons. The number of hydrogen-bond donors (Lipinski definition) is 2. The summed E-state index contributed by atoms with van der Waals surface area (Å²) in [6.45, 7) is 2.11. The summed E-state index contributed by atoms with van der Waals surface area (Å²) in [5.74, 6) is 0.249. The third-order valence-corrected chi connectivity index (χ3v) is 2.84. The third-order valence-electron chi connectivity index (χ3n) is 2.84. The minimum atomic E-state index is -0.972. The van der Waals surface area contributed by atoms with Gasteiger partial charge in [0.25, 0.3) is 0 Å². The molecule has 1 aliphatic heterocycles. The zero-order chi connectivity index (χ0) is 13.8. The molecule has 0 radical (unpaired) electrons. The highest BCUT2D eigenvalue weighted by Gasteiger charge is 2.34. The van der Waals surface area contributed by atoms with Crippen molar-refractivity contribution >= 4 is 18.6 Å². The highest BCUT2D eigenvalue weighted by Crippen LogP contribution is 2.24. The van der Waals surface area contributed by atoms with Crippen LogP contribution in [0.4, 0.5) is 0 Å². The van der Waals surface area contributed by atoms with Crippen molar-refractivity contribution in [3.05, 3.63) is 23.8 Å². The SMILES string of the molecule is CC(=O)OCCOc1ccc2c(c1)B(O)OC2CN. The van der Waals surface area contributed by atoms with E-state index < -0.39 is 7.12 Å². The first kappa shape index (κ1) is 13.9. The van der Waals surface area contributed by atoms with E-state index in [0.717, 1.165) is 5.56 Å². The van der Waals surface area contributed by atoms with Crippen molar-refractivity contribution in [3.8, 4) is 5.75 Å². The molecule has 3 N–H and O–H groups in total. The Bertz CT molecular complexity index is 467. The van der Waals surface area contributed by atoms with E-state index in [1.54, 1.807) is 12.1 Å². The summed E-state index contributed by atoms with van der Waals surface area (Å²) in [6.07, 6.45) is -0.278. The average molecular weight is 265 g/mol. The van der Waals surface area contributed by atoms with E-state index in [2.05, 4.69) is 0 Å². The maximum atomic E-state index is 10.6. The van der Waals surface area contributed by atoms with Gasteiger partial charge in [-0.1, -0.05) is 6.07 Å². The van der Waals surface area contributed by atoms with Crippen LogP contribution in [0.1, 0.15) is 18.6 Å². The van der Waals surface area contributed by atoms with Crippen LogP contribution in [0.2, 0.25) is 0 Å². The van der Waals surface area contributed by atoms with Gasteiger partial charge in [-0.05, 0) is 23.2 Å². The summed E-state index contributed by atoms with van der Waals surface area (Å²) >= 11 is 0. The van der Waals surface area contributed by atoms with E-state index in [1.165, 1.54) is 6.92 Å². The van der Waals surface area contributed by atoms with Gasteiger partial charge in [-0.25, -0.2) is 0 Å². The minimum Gasteiger partial charge on any atom is -0.490 e. The van der Waals surface area contributed by atoms with Gasteiger partial charge in [0, 0.05) is 13.5 Å². The van der Waals surface area contributed by atoms with Gasteiger partial charge >= 0.3 is 13.1 Å². The summed E-state index contributed by atoms with van der Waals surface area (Å²) in [5, 5.41) is 9.75. The number of carbonyl (C=O) groups is 1. The van der Waals surface area contributed by atoms with E-state index in [0.29, 0.717) is 17.8 Å². The molecule has 1 unspecified atom stereocenters. The lowest BCUT2D eigenvalue weighted by molar-refractivity contribution is -0.141. The van der Waals surface area contributed by atoms with Crippen LogP contribution in [0.5, 0.6) is 5.75 Å². The fourth-order valence-electron chi connectivity index (χ4n) is 1.98. The molecule has 0 bridgehead atoms. The van der Waals surface area contributed by atoms with Crippen LogP contribution in [-0.4, -0.2) is 37.9 Å². The molecule has 0 amide bonds. The quantitative estimate of drug-likeness (QED) is 0.417. The summed E-state index contributed by atoms with van der Waals surface area (Å²) in [5.41, 5.74) is 7.10. The molecular weight excluding hydrogens is 249 g/mol. The van der Waals surface area contributed by atoms with E-state index in [4.69, 9.17) is 19.9 Å². The second kappa shape index (κ2) is 6.05. The van der Waals surface area contributed by atoms with Gasteiger partial charge in [0.2, 0.25) is 0 Å². The summed E-state index contributed by atoms with van der Waals surface area (Å²) in [4.78, 5) is 10.6. The molecule has 0 aromatic heterocycles. The Labute approximate surface area is 111 Å². The number of ether oxygens (including phenoxy) is 2. The molecule has 0 saturated heterocycles. The van der Waals surface area contributed by atoms with Gasteiger partial charge in [-0.3, -0.25) is 4.79 Å². The Morgan fingerprint density at radius 3 is 3.00 bits per heavy atom. The highest BCUT2D eigenvalue weighted by molar-refractivity contribution is 6.61. The first-order valence-corrected chi connectivity index (χ1v) is 6.05. The smallest absolute Gasteiger partial charge is 0.490 e. The molecule has 1 aromatic rings. The van der Waals surface area contributed by atoms with Gasteiger partial charge in [0.1, 0.15) is 19.0 Å². The number of benzene rings is 1. The van der Waals surface area contributed by atoms with Crippen molar-refractivity contribution < 1.29 is 23.9 Å². The second-order valence-electron chi connectivity index (χ2n) is 4.19. The lowest BCUT2D eigenvalue weighted by Gasteiger charge is -2.10. The molecule has 0 saturated carbocycles. The maximum Gasteiger partial charge on any atom is 0.492 e. The largest absolute Gasteiger partial charge is 0.492 e. The Balaban J connectivity index is 1.97. The number of carbonyl (C=O) groups excluding carboxylic acids is 1. The van der Waals surface area contributed by atoms with E-state index in [1.807, 2.05) is 6.07 Å². The number of esters is 1. The summed E-state index contributed by atoms with van der Waals surface area (Å²) in [6, 6.07) is 5.31. The first-order chi connectivity index (χ1) is 9.11. The monoisotopic (exact) mass is 265 g/mol. The van der Waals surface area contributed by atoms with Crippen LogP contribution in [0.3, 0.4) is 0 Å². The molecular formula is C12H16BNO5. The van der Waals surface area contributed by atoms with Crippen molar-refractivity contribution in [3.63, 3.8) is 0 Å². The Morgan fingerprint density at radius 2 is 2.32 bits per heavy atom. The Hall–Kier alpha value is -1.57. The standard InChI is InChI=1S/C12H16BNO5/c1-8(15)17-4-5-18-9-2-3-10-11(6-9)13(16)19-12(10)7-14/h2-3,6,12,16H,4-5,7,14H2,1H3. The van der Waals surface area contributed by atoms with Crippen molar-refractivity contribution in [2.75, 3.05) is 19.8 Å². The van der Waals surface area contributed by atoms with Crippen LogP contribution in [0.15, 0.2) is 18.2 Å². The van der Waals surface area contributed by atoms with Gasteiger partial charge in [0.15, 0.2) is 0 Å². The first-order valence-electron chi connectivity index (χ1n) is 6.05. The molecule has 6 nitrogen and oxygen atoms in total. The molecule has 19 heavy (non-hydrogen) atoms. The molecule has 0 spiro atoms. The zero-order valence-electron chi connectivity index (χ0n) is 10.7. The van der Waals surface area contributed by atoms with Crippen LogP contribution in [0, 0.1) is 0 Å². The molecule has 1 atom stereocenters. The van der Waals surface area contributed by atoms with Crippen LogP contribution >= 0.6 is 0 Å². The van der Waals surface area contributed by atoms with Gasteiger partial charge < -0.3 is 24.9 Å². The van der Waals surface area contributed by atoms with E-state index in [-0.39, 0.29) is 25.3 Å². The topological polar surface area (TPSA) is 91.0 Å². The third kappa shape index (κ3) is 3.26. The minimum absolute atomic E-state index is 0.191. The predicted molar refractivity (Wildman–Crippen MR) is 69.1 cm³/mol. The fourth-order valence-corrected chi connectivity index (χ4v) is 1.98. The fraction of sp³-hybridized carbons (Fsp3) is 0.417. The van der Waals surface area contributed by atoms with Gasteiger partial charge in [-0.2, -0.15) is 0 Å². The van der Waals surface area contributed by atoms with E-state index in [9.17, 15) is 9.82 Å². The molecule has 0 fully saturated rings. The molecule has 0 aliphatic carbocycles. The summed E-state index contributed by atoms with van der Waals surface area (Å²) in [7, 11) is -0.972. The van der Waals surface area contributed by atoms with Crippen LogP contribution < -0.4 is 15.9 Å². The van der Waals surface area contributed by atoms with Crippen molar-refractivity contribution in [2.24, 2.45) is 5.73 Å². The second-order valence-corrected chi connectivity index (χ2v) is 4.19. The van der Waals surface area contributed by atoms with Gasteiger partial charge in [-0.15, -0.1) is 0 Å². The molecule has 7 heteroatoms. The number of rotatable bonds is 5. The number of nitrogens with two attached hydrogens (primary N) is 1. The number of fused-ring (bicyclic) bond motifs is 1. The Morgan fingerprint density at radius 1 is 1.53 bits per heavy atom. The van der Waals surface area contributed by atoms with Crippen molar-refractivity contribution in [1.29, 1.82) is 0 Å². The van der Waals surface area contributed by atoms with E-state index >= 15 is 0 Å². The summed E-state index contributed by atoms with van der Waals surface area (Å²) < 4.78 is 15.5. The van der Waals surface area contributed by atoms with Crippen LogP contribution in [-0.2, 0) is 14.2 Å². The Kier molecular flexibility index (Phi) is 4.41. The average Bonchev–Trinajstić information content (AvgIpc) is 2.71. The van der Waals surface area contributed by atoms with Crippen molar-refractivity contribution in [1.82, 2.24) is 0 Å². The molecule has 1 heterocycles. The maximum absolute atomic E-state index is 10.6.